The summed E-state index contributed by atoms with van der Waals surface area (Å²) in [5.74, 6) is 0.953. The molecule has 0 spiro atoms. The molecule has 0 aromatic carbocycles. The van der Waals surface area contributed by atoms with E-state index in [2.05, 4.69) is 19.2 Å². The lowest BCUT2D eigenvalue weighted by molar-refractivity contribution is -0.170. The van der Waals surface area contributed by atoms with Gasteiger partial charge in [-0.15, -0.1) is 0 Å². The number of aliphatic hydroxyl groups is 1. The Morgan fingerprint density at radius 2 is 1.80 bits per heavy atom. The van der Waals surface area contributed by atoms with Crippen molar-refractivity contribution in [3.63, 3.8) is 0 Å². The molecule has 4 aliphatic rings. The lowest BCUT2D eigenvalue weighted by Gasteiger charge is -2.64. The molecule has 4 aliphatic carbocycles. The molecule has 4 saturated carbocycles. The van der Waals surface area contributed by atoms with Crippen LogP contribution in [0.2, 0.25) is 0 Å². The van der Waals surface area contributed by atoms with E-state index in [9.17, 15) is 9.90 Å². The molecule has 2 N–H and O–H groups in total. The van der Waals surface area contributed by atoms with E-state index in [1.54, 1.807) is 0 Å². The van der Waals surface area contributed by atoms with Crippen LogP contribution in [0.1, 0.15) is 65.7 Å². The van der Waals surface area contributed by atoms with E-state index in [1.165, 1.54) is 19.3 Å². The Morgan fingerprint density at radius 1 is 1.20 bits per heavy atom. The van der Waals surface area contributed by atoms with Gasteiger partial charge in [0.05, 0.1) is 11.5 Å². The van der Waals surface area contributed by atoms with E-state index < -0.39 is 6.10 Å². The van der Waals surface area contributed by atoms with Crippen molar-refractivity contribution in [3.8, 4) is 0 Å². The van der Waals surface area contributed by atoms with Gasteiger partial charge in [-0.1, -0.05) is 20.8 Å². The number of amides is 1. The van der Waals surface area contributed by atoms with E-state index in [1.807, 2.05) is 6.92 Å². The van der Waals surface area contributed by atoms with E-state index in [4.69, 9.17) is 0 Å². The predicted octanol–water partition coefficient (Wildman–Crippen LogP) is 2.87. The van der Waals surface area contributed by atoms with E-state index in [0.29, 0.717) is 23.8 Å². The molecule has 114 valence electrons. The molecule has 4 rings (SSSR count). The molecule has 0 aliphatic heterocycles. The summed E-state index contributed by atoms with van der Waals surface area (Å²) in [6.07, 6.45) is 7.41. The van der Waals surface area contributed by atoms with Crippen LogP contribution in [0.3, 0.4) is 0 Å². The number of nitrogens with one attached hydrogen (secondary N) is 1. The molecule has 0 heterocycles. The van der Waals surface area contributed by atoms with Gasteiger partial charge in [0.1, 0.15) is 0 Å². The first-order valence-corrected chi connectivity index (χ1v) is 8.25. The quantitative estimate of drug-likeness (QED) is 0.831. The van der Waals surface area contributed by atoms with Crippen molar-refractivity contribution in [2.75, 3.05) is 6.54 Å². The first-order valence-electron chi connectivity index (χ1n) is 8.25. The van der Waals surface area contributed by atoms with Crippen molar-refractivity contribution in [1.29, 1.82) is 0 Å². The molecule has 4 bridgehead atoms. The smallest absolute Gasteiger partial charge is 0.226 e. The van der Waals surface area contributed by atoms with Crippen LogP contribution in [0, 0.1) is 22.2 Å². The fourth-order valence-corrected chi connectivity index (χ4v) is 6.24. The molecule has 3 atom stereocenters. The van der Waals surface area contributed by atoms with Crippen LogP contribution in [0.4, 0.5) is 0 Å². The van der Waals surface area contributed by atoms with Crippen LogP contribution < -0.4 is 5.32 Å². The highest BCUT2D eigenvalue weighted by molar-refractivity contribution is 5.83. The van der Waals surface area contributed by atoms with Gasteiger partial charge in [-0.2, -0.15) is 0 Å². The van der Waals surface area contributed by atoms with E-state index in [-0.39, 0.29) is 11.3 Å². The third-order valence-corrected chi connectivity index (χ3v) is 6.08. The van der Waals surface area contributed by atoms with Gasteiger partial charge >= 0.3 is 0 Å². The predicted molar refractivity (Wildman–Crippen MR) is 79.1 cm³/mol. The monoisotopic (exact) mass is 279 g/mol. The van der Waals surface area contributed by atoms with Gasteiger partial charge in [0.2, 0.25) is 5.91 Å². The van der Waals surface area contributed by atoms with Crippen molar-refractivity contribution in [1.82, 2.24) is 5.32 Å². The Balaban J connectivity index is 1.77. The standard InChI is InChI=1S/C17H29NO2/c1-4-13(19)8-18-14(20)17-7-12-5-15(2,10-17)9-16(3,6-12)11-17/h12-13,19H,4-11H2,1-3H3,(H,18,20). The summed E-state index contributed by atoms with van der Waals surface area (Å²) in [6.45, 7) is 7.14. The summed E-state index contributed by atoms with van der Waals surface area (Å²) < 4.78 is 0. The Morgan fingerprint density at radius 3 is 2.30 bits per heavy atom. The van der Waals surface area contributed by atoms with Crippen LogP contribution in [0.5, 0.6) is 0 Å². The normalized spacial score (nSPS) is 47.3. The average molecular weight is 279 g/mol. The highest BCUT2D eigenvalue weighted by atomic mass is 16.3. The lowest BCUT2D eigenvalue weighted by Crippen LogP contribution is -2.60. The molecular weight excluding hydrogens is 250 g/mol. The van der Waals surface area contributed by atoms with Crippen molar-refractivity contribution >= 4 is 5.91 Å². The highest BCUT2D eigenvalue weighted by Crippen LogP contribution is 2.69. The number of carbonyl (C=O) groups is 1. The van der Waals surface area contributed by atoms with Crippen molar-refractivity contribution in [2.45, 2.75) is 71.8 Å². The van der Waals surface area contributed by atoms with Crippen molar-refractivity contribution < 1.29 is 9.90 Å². The zero-order valence-electron chi connectivity index (χ0n) is 13.2. The topological polar surface area (TPSA) is 49.3 Å². The summed E-state index contributed by atoms with van der Waals surface area (Å²) in [5, 5.41) is 12.7. The number of hydrogen-bond donors (Lipinski definition) is 2. The molecule has 20 heavy (non-hydrogen) atoms. The van der Waals surface area contributed by atoms with Gasteiger partial charge < -0.3 is 10.4 Å². The molecule has 0 aromatic rings. The molecule has 0 radical (unpaired) electrons. The van der Waals surface area contributed by atoms with Crippen LogP contribution in [-0.2, 0) is 4.79 Å². The molecule has 4 fully saturated rings. The average Bonchev–Trinajstić information content (AvgIpc) is 2.30. The summed E-state index contributed by atoms with van der Waals surface area (Å²) in [6, 6.07) is 0. The molecule has 0 saturated heterocycles. The lowest BCUT2D eigenvalue weighted by atomic mass is 9.40. The zero-order chi connectivity index (χ0) is 14.6. The second kappa shape index (κ2) is 4.46. The largest absolute Gasteiger partial charge is 0.391 e. The maximum Gasteiger partial charge on any atom is 0.226 e. The Hall–Kier alpha value is -0.570. The molecule has 1 amide bonds. The number of hydrogen-bond acceptors (Lipinski definition) is 2. The SMILES string of the molecule is CCC(O)CNC(=O)C12CC3CC(C)(CC(C)(C3)C1)C2. The molecule has 3 unspecified atom stereocenters. The van der Waals surface area contributed by atoms with Crippen LogP contribution in [0.25, 0.3) is 0 Å². The summed E-state index contributed by atoms with van der Waals surface area (Å²) in [4.78, 5) is 12.8. The van der Waals surface area contributed by atoms with Crippen molar-refractivity contribution in [3.05, 3.63) is 0 Å². The molecule has 3 nitrogen and oxygen atoms in total. The third-order valence-electron chi connectivity index (χ3n) is 6.08. The maximum absolute atomic E-state index is 12.8. The highest BCUT2D eigenvalue weighted by Gasteiger charge is 2.62. The first-order chi connectivity index (χ1) is 9.28. The Bertz CT molecular complexity index is 401. The van der Waals surface area contributed by atoms with Gasteiger partial charge in [0, 0.05) is 6.54 Å². The van der Waals surface area contributed by atoms with Gasteiger partial charge in [-0.25, -0.2) is 0 Å². The molecule has 3 heteroatoms. The minimum absolute atomic E-state index is 0.142. The zero-order valence-corrected chi connectivity index (χ0v) is 13.2. The molecular formula is C17H29NO2. The third kappa shape index (κ3) is 2.28. The summed E-state index contributed by atoms with van der Waals surface area (Å²) in [5.41, 5.74) is 0.597. The second-order valence-electron chi connectivity index (χ2n) is 8.68. The van der Waals surface area contributed by atoms with Gasteiger partial charge in [0.25, 0.3) is 0 Å². The van der Waals surface area contributed by atoms with Crippen LogP contribution in [-0.4, -0.2) is 23.7 Å². The molecule has 0 aromatic heterocycles. The minimum Gasteiger partial charge on any atom is -0.391 e. The van der Waals surface area contributed by atoms with Gasteiger partial charge in [-0.05, 0) is 61.7 Å². The Labute approximate surface area is 122 Å². The number of rotatable bonds is 4. The Kier molecular flexibility index (Phi) is 3.20. The fraction of sp³-hybridized carbons (Fsp3) is 0.941. The van der Waals surface area contributed by atoms with E-state index in [0.717, 1.165) is 25.2 Å². The fourth-order valence-electron chi connectivity index (χ4n) is 6.24. The second-order valence-corrected chi connectivity index (χ2v) is 8.68. The summed E-state index contributed by atoms with van der Waals surface area (Å²) >= 11 is 0. The van der Waals surface area contributed by atoms with Gasteiger partial charge in [-0.3, -0.25) is 4.79 Å². The number of aliphatic hydroxyl groups excluding tert-OH is 1. The number of carbonyl (C=O) groups excluding carboxylic acids is 1. The maximum atomic E-state index is 12.8. The van der Waals surface area contributed by atoms with Crippen LogP contribution in [0.15, 0.2) is 0 Å². The minimum atomic E-state index is -0.404. The van der Waals surface area contributed by atoms with E-state index >= 15 is 0 Å². The summed E-state index contributed by atoms with van der Waals surface area (Å²) in [7, 11) is 0. The first kappa shape index (κ1) is 14.4. The van der Waals surface area contributed by atoms with Crippen LogP contribution >= 0.6 is 0 Å². The van der Waals surface area contributed by atoms with Gasteiger partial charge in [0.15, 0.2) is 0 Å². The van der Waals surface area contributed by atoms with Crippen molar-refractivity contribution in [2.24, 2.45) is 22.2 Å².